The molecule has 0 aromatic rings. The van der Waals surface area contributed by atoms with Crippen LogP contribution in [0.4, 0.5) is 4.39 Å². The van der Waals surface area contributed by atoms with E-state index in [2.05, 4.69) is 21.6 Å². The van der Waals surface area contributed by atoms with Crippen molar-refractivity contribution in [3.05, 3.63) is 0 Å². The number of halogens is 1. The molecule has 8 unspecified atom stereocenters. The van der Waals surface area contributed by atoms with Crippen LogP contribution >= 0.6 is 0 Å². The zero-order valence-electron chi connectivity index (χ0n) is 19.7. The fourth-order valence-corrected chi connectivity index (χ4v) is 7.68. The molecule has 0 amide bonds. The molecule has 5 fully saturated rings. The van der Waals surface area contributed by atoms with E-state index in [0.717, 1.165) is 50.8 Å². The first-order valence-corrected chi connectivity index (χ1v) is 13.5. The Morgan fingerprint density at radius 3 is 2.53 bits per heavy atom. The molecule has 6 heteroatoms. The molecule has 5 rings (SSSR count). The number of likely N-dealkylation sites (tertiary alicyclic amines) is 1. The fourth-order valence-electron chi connectivity index (χ4n) is 7.68. The highest BCUT2D eigenvalue weighted by Gasteiger charge is 2.46. The van der Waals surface area contributed by atoms with Gasteiger partial charge in [-0.15, -0.1) is 0 Å². The number of piperidine rings is 1. The molecule has 0 spiro atoms. The summed E-state index contributed by atoms with van der Waals surface area (Å²) in [4.78, 5) is 2.77. The van der Waals surface area contributed by atoms with E-state index in [1.165, 1.54) is 58.3 Å². The molecule has 5 aliphatic rings. The Morgan fingerprint density at radius 1 is 0.938 bits per heavy atom. The van der Waals surface area contributed by atoms with Crippen molar-refractivity contribution in [2.75, 3.05) is 45.9 Å². The highest BCUT2D eigenvalue weighted by molar-refractivity contribution is 5.01. The SMILES string of the molecule is N#CC1CCC(C2CC(CC3CNCCO3)CCC2N2CC(C3CCCNC3)C2)CC1F. The van der Waals surface area contributed by atoms with E-state index in [0.29, 0.717) is 36.3 Å². The van der Waals surface area contributed by atoms with Gasteiger partial charge in [-0.3, -0.25) is 4.90 Å². The topological polar surface area (TPSA) is 60.3 Å². The highest BCUT2D eigenvalue weighted by Crippen LogP contribution is 2.47. The average molecular weight is 447 g/mol. The van der Waals surface area contributed by atoms with E-state index in [9.17, 15) is 9.65 Å². The van der Waals surface area contributed by atoms with Gasteiger partial charge in [-0.2, -0.15) is 5.26 Å². The predicted molar refractivity (Wildman–Crippen MR) is 124 cm³/mol. The summed E-state index contributed by atoms with van der Waals surface area (Å²) in [5, 5.41) is 16.4. The molecule has 0 aromatic heterocycles. The van der Waals surface area contributed by atoms with Crippen LogP contribution in [-0.4, -0.2) is 69.1 Å². The third kappa shape index (κ3) is 5.17. The third-order valence-electron chi connectivity index (χ3n) is 9.56. The van der Waals surface area contributed by atoms with E-state index in [1.54, 1.807) is 0 Å². The van der Waals surface area contributed by atoms with Crippen molar-refractivity contribution in [3.8, 4) is 6.07 Å². The number of morpholine rings is 1. The van der Waals surface area contributed by atoms with Crippen LogP contribution in [0, 0.1) is 46.8 Å². The summed E-state index contributed by atoms with van der Waals surface area (Å²) in [6.45, 7) is 7.67. The molecule has 2 aliphatic carbocycles. The Bertz CT molecular complexity index is 638. The largest absolute Gasteiger partial charge is 0.376 e. The maximum absolute atomic E-state index is 14.8. The standard InChI is InChI=1S/C26H43FN4O/c27-25-12-19(4-5-20(25)13-28)24-11-18(10-23-15-30-8-9-32-23)3-6-26(24)31-16-22(17-31)21-2-1-7-29-14-21/h18-26,29-30H,1-12,14-17H2. The molecule has 3 saturated heterocycles. The third-order valence-corrected chi connectivity index (χ3v) is 9.56. The number of ether oxygens (including phenoxy) is 1. The van der Waals surface area contributed by atoms with Crippen LogP contribution in [-0.2, 0) is 4.74 Å². The Morgan fingerprint density at radius 2 is 1.81 bits per heavy atom. The molecule has 0 aromatic carbocycles. The Balaban J connectivity index is 1.22. The van der Waals surface area contributed by atoms with Crippen LogP contribution in [0.15, 0.2) is 0 Å². The molecule has 0 radical (unpaired) electrons. The number of nitriles is 1. The van der Waals surface area contributed by atoms with Crippen LogP contribution in [0.3, 0.4) is 0 Å². The smallest absolute Gasteiger partial charge is 0.116 e. The Hall–Kier alpha value is -0.740. The molecule has 32 heavy (non-hydrogen) atoms. The minimum Gasteiger partial charge on any atom is -0.376 e. The fraction of sp³-hybridized carbons (Fsp3) is 0.962. The first-order chi connectivity index (χ1) is 15.7. The second-order valence-electron chi connectivity index (χ2n) is 11.5. The summed E-state index contributed by atoms with van der Waals surface area (Å²) in [5.41, 5.74) is 0. The lowest BCUT2D eigenvalue weighted by Gasteiger charge is -2.54. The lowest BCUT2D eigenvalue weighted by atomic mass is 9.64. The van der Waals surface area contributed by atoms with Crippen molar-refractivity contribution in [2.45, 2.75) is 76.1 Å². The number of hydrogen-bond donors (Lipinski definition) is 2. The molecular formula is C26H43FN4O. The van der Waals surface area contributed by atoms with E-state index in [-0.39, 0.29) is 5.92 Å². The van der Waals surface area contributed by atoms with Crippen molar-refractivity contribution in [2.24, 2.45) is 35.5 Å². The number of nitrogens with one attached hydrogen (secondary N) is 2. The zero-order valence-corrected chi connectivity index (χ0v) is 19.7. The molecule has 5 nitrogen and oxygen atoms in total. The van der Waals surface area contributed by atoms with Gasteiger partial charge in [0.25, 0.3) is 0 Å². The van der Waals surface area contributed by atoms with Gasteiger partial charge in [0.2, 0.25) is 0 Å². The van der Waals surface area contributed by atoms with Gasteiger partial charge in [-0.25, -0.2) is 4.39 Å². The predicted octanol–water partition coefficient (Wildman–Crippen LogP) is 3.36. The molecule has 3 aliphatic heterocycles. The normalized spacial score (nSPS) is 44.5. The monoisotopic (exact) mass is 446 g/mol. The van der Waals surface area contributed by atoms with Crippen molar-refractivity contribution in [3.63, 3.8) is 0 Å². The quantitative estimate of drug-likeness (QED) is 0.678. The second-order valence-corrected chi connectivity index (χ2v) is 11.5. The van der Waals surface area contributed by atoms with Gasteiger partial charge in [0.15, 0.2) is 0 Å². The number of rotatable bonds is 5. The van der Waals surface area contributed by atoms with Gasteiger partial charge in [0.05, 0.1) is 24.7 Å². The van der Waals surface area contributed by atoms with Crippen molar-refractivity contribution < 1.29 is 9.13 Å². The lowest BCUT2D eigenvalue weighted by molar-refractivity contribution is -0.0592. The van der Waals surface area contributed by atoms with Crippen molar-refractivity contribution >= 4 is 0 Å². The molecule has 8 atom stereocenters. The Labute approximate surface area is 193 Å². The van der Waals surface area contributed by atoms with Gasteiger partial charge in [0.1, 0.15) is 6.17 Å². The highest BCUT2D eigenvalue weighted by atomic mass is 19.1. The van der Waals surface area contributed by atoms with Crippen LogP contribution in [0.25, 0.3) is 0 Å². The maximum atomic E-state index is 14.8. The van der Waals surface area contributed by atoms with Crippen LogP contribution in [0.1, 0.15) is 57.8 Å². The minimum atomic E-state index is -0.928. The number of hydrogen-bond acceptors (Lipinski definition) is 5. The van der Waals surface area contributed by atoms with Crippen molar-refractivity contribution in [1.29, 1.82) is 5.26 Å². The van der Waals surface area contributed by atoms with Gasteiger partial charge in [0, 0.05) is 32.2 Å². The van der Waals surface area contributed by atoms with E-state index < -0.39 is 6.17 Å². The summed E-state index contributed by atoms with van der Waals surface area (Å²) in [6.07, 6.45) is 9.47. The van der Waals surface area contributed by atoms with Crippen molar-refractivity contribution in [1.82, 2.24) is 15.5 Å². The van der Waals surface area contributed by atoms with Gasteiger partial charge in [-0.05, 0) is 100 Å². The van der Waals surface area contributed by atoms with Crippen LogP contribution in [0.5, 0.6) is 0 Å². The summed E-state index contributed by atoms with van der Waals surface area (Å²) >= 11 is 0. The van der Waals surface area contributed by atoms with E-state index >= 15 is 0 Å². The van der Waals surface area contributed by atoms with Gasteiger partial charge in [-0.1, -0.05) is 0 Å². The lowest BCUT2D eigenvalue weighted by Crippen LogP contribution is -2.60. The van der Waals surface area contributed by atoms with Crippen LogP contribution < -0.4 is 10.6 Å². The van der Waals surface area contributed by atoms with Gasteiger partial charge < -0.3 is 15.4 Å². The summed E-state index contributed by atoms with van der Waals surface area (Å²) in [5.74, 6) is 3.07. The van der Waals surface area contributed by atoms with Gasteiger partial charge >= 0.3 is 0 Å². The van der Waals surface area contributed by atoms with Crippen LogP contribution in [0.2, 0.25) is 0 Å². The van der Waals surface area contributed by atoms with E-state index in [1.807, 2.05) is 0 Å². The second kappa shape index (κ2) is 10.7. The average Bonchev–Trinajstić information content (AvgIpc) is 2.80. The summed E-state index contributed by atoms with van der Waals surface area (Å²) in [6, 6.07) is 2.85. The molecule has 180 valence electrons. The first kappa shape index (κ1) is 23.0. The Kier molecular flexibility index (Phi) is 7.68. The molecule has 2 N–H and O–H groups in total. The maximum Gasteiger partial charge on any atom is 0.116 e. The molecule has 2 saturated carbocycles. The summed E-state index contributed by atoms with van der Waals surface area (Å²) < 4.78 is 20.8. The summed E-state index contributed by atoms with van der Waals surface area (Å²) in [7, 11) is 0. The zero-order chi connectivity index (χ0) is 21.9. The molecular weight excluding hydrogens is 403 g/mol. The number of nitrogens with zero attached hydrogens (tertiary/aromatic N) is 2. The molecule has 3 heterocycles. The number of alkyl halides is 1. The molecule has 0 bridgehead atoms. The first-order valence-electron chi connectivity index (χ1n) is 13.5. The minimum absolute atomic E-state index is 0.349. The van der Waals surface area contributed by atoms with E-state index in [4.69, 9.17) is 4.74 Å².